The van der Waals surface area contributed by atoms with Gasteiger partial charge in [0.15, 0.2) is 0 Å². The van der Waals surface area contributed by atoms with E-state index in [0.29, 0.717) is 26.2 Å². The Bertz CT molecular complexity index is 442. The Kier molecular flexibility index (Phi) is 177. The van der Waals surface area contributed by atoms with Crippen LogP contribution in [0.5, 0.6) is 0 Å². The van der Waals surface area contributed by atoms with E-state index in [9.17, 15) is 20.4 Å². The molecule has 0 aliphatic heterocycles. The number of hydrogen-bond donors (Lipinski definition) is 2. The molecule has 0 aromatic heterocycles. The third-order valence-electron chi connectivity index (χ3n) is 2.15. The molecule has 0 saturated heterocycles. The first kappa shape index (κ1) is 91.4. The molecule has 0 heterocycles. The first-order valence-corrected chi connectivity index (χ1v) is 10.4. The van der Waals surface area contributed by atoms with E-state index in [4.69, 9.17) is 71.8 Å². The molecule has 0 unspecified atom stereocenters. The van der Waals surface area contributed by atoms with E-state index in [1.165, 1.54) is 0 Å². The molecule has 0 atom stereocenters. The molecule has 0 aliphatic rings. The fourth-order valence-corrected chi connectivity index (χ4v) is 0.730. The molecule has 0 aromatic rings. The van der Waals surface area contributed by atoms with Gasteiger partial charge in [-0.05, 0) is 82.6 Å². The van der Waals surface area contributed by atoms with Crippen LogP contribution in [0.15, 0.2) is 0 Å². The molecular weight excluding hydrogens is 885 g/mol. The molecule has 0 aliphatic carbocycles. The van der Waals surface area contributed by atoms with Crippen molar-refractivity contribution in [3.63, 3.8) is 0 Å². The third-order valence-corrected chi connectivity index (χ3v) is 2.15. The van der Waals surface area contributed by atoms with Crippen LogP contribution in [0, 0.1) is 61.3 Å². The van der Waals surface area contributed by atoms with Crippen molar-refractivity contribution in [3.05, 3.63) is 61.3 Å². The minimum Gasteiger partial charge on any atom is -0.854 e. The van der Waals surface area contributed by atoms with Crippen LogP contribution in [0.25, 0.3) is 0 Å². The smallest absolute Gasteiger partial charge is 0.854 e. The minimum atomic E-state index is -1.75. The minimum absolute atomic E-state index is 0. The monoisotopic (exact) mass is 925 g/mol. The summed E-state index contributed by atoms with van der Waals surface area (Å²) < 4.78 is 0. The fourth-order valence-electron chi connectivity index (χ4n) is 0.730. The Labute approximate surface area is 357 Å². The maximum atomic E-state index is 9.70. The van der Waals surface area contributed by atoms with Gasteiger partial charge >= 0.3 is 120 Å². The third kappa shape index (κ3) is 612. The zero-order valence-electron chi connectivity index (χ0n) is 26.9. The van der Waals surface area contributed by atoms with Crippen LogP contribution in [0.1, 0.15) is 0 Å². The first-order chi connectivity index (χ1) is 19.0. The van der Waals surface area contributed by atoms with Crippen LogP contribution in [0.2, 0.25) is 0 Å². The van der Waals surface area contributed by atoms with E-state index < -0.39 is 20.3 Å². The van der Waals surface area contributed by atoms with Gasteiger partial charge in [0, 0.05) is 0 Å². The summed E-state index contributed by atoms with van der Waals surface area (Å²) in [4.78, 5) is 40.5. The average molecular weight is 928 g/mol. The topological polar surface area (TPSA) is 410 Å². The van der Waals surface area contributed by atoms with Crippen molar-refractivity contribution >= 4 is 0 Å². The van der Waals surface area contributed by atoms with Crippen LogP contribution in [0.4, 0.5) is 0 Å². The van der Waals surface area contributed by atoms with E-state index in [0.717, 1.165) is 0 Å². The molecule has 0 amide bonds. The van der Waals surface area contributed by atoms with Gasteiger partial charge in [-0.2, -0.15) is 0 Å². The van der Waals surface area contributed by atoms with Crippen molar-refractivity contribution in [1.29, 1.82) is 0 Å². The van der Waals surface area contributed by atoms with Gasteiger partial charge in [-0.25, -0.2) is 0 Å². The molecule has 0 spiro atoms. The second-order valence-electron chi connectivity index (χ2n) is 6.92. The predicted molar refractivity (Wildman–Crippen MR) is 140 cm³/mol. The quantitative estimate of drug-likeness (QED) is 0.0988. The van der Waals surface area contributed by atoms with Crippen LogP contribution >= 0.6 is 0 Å². The summed E-state index contributed by atoms with van der Waals surface area (Å²) in [6.45, 7) is 2.64. The van der Waals surface area contributed by atoms with Crippen LogP contribution in [0.3, 0.4) is 0 Å². The zero-order valence-corrected chi connectivity index (χ0v) is 33.8. The van der Waals surface area contributed by atoms with Gasteiger partial charge in [0.2, 0.25) is 0 Å². The summed E-state index contributed by atoms with van der Waals surface area (Å²) in [7, 11) is 15.1. The summed E-state index contributed by atoms with van der Waals surface area (Å²) >= 11 is 0. The summed E-state index contributed by atoms with van der Waals surface area (Å²) in [6.07, 6.45) is 0. The van der Waals surface area contributed by atoms with Crippen molar-refractivity contribution in [2.24, 2.45) is 0 Å². The Morgan fingerprint density at radius 1 is 0.404 bits per heavy atom. The number of hydrogen-bond acceptors (Lipinski definition) is 22. The summed E-state index contributed by atoms with van der Waals surface area (Å²) in [5.41, 5.74) is 0. The SMILES string of the molecule is CN(C)CC[O-].CN(C)CC[O-].CN(C)CC[O-].CN(C)CC[O-].O=[N+]([O-])[O-].O=[N+]([O-])[O-].O=[N+]([O-])[O-].O=[N+]([O-])[O-].OO.[Cu+2].[Cu+2].[Cu+2].[Cu+].[K+]. The van der Waals surface area contributed by atoms with Gasteiger partial charge in [0.05, 0.1) is 20.3 Å². The summed E-state index contributed by atoms with van der Waals surface area (Å²) in [5.74, 6) is 0. The van der Waals surface area contributed by atoms with E-state index in [2.05, 4.69) is 0 Å². The molecule has 0 aromatic carbocycles. The van der Waals surface area contributed by atoms with Gasteiger partial charge in [-0.1, -0.05) is 0 Å². The number of rotatable bonds is 8. The van der Waals surface area contributed by atoms with Crippen molar-refractivity contribution < 1.29 is 171 Å². The molecule has 31 heteroatoms. The molecule has 0 rings (SSSR count). The Morgan fingerprint density at radius 3 is 0.468 bits per heavy atom. The van der Waals surface area contributed by atoms with Crippen molar-refractivity contribution in [3.8, 4) is 0 Å². The molecule has 0 bridgehead atoms. The zero-order chi connectivity index (χ0) is 36.3. The average Bonchev–Trinajstić information content (AvgIpc) is 2.74. The molecule has 26 nitrogen and oxygen atoms in total. The fraction of sp³-hybridized carbons (Fsp3) is 1.00. The van der Waals surface area contributed by atoms with Crippen LogP contribution in [-0.4, -0.2) is 159 Å². The number of nitrogens with zero attached hydrogens (tertiary/aromatic N) is 8. The second-order valence-corrected chi connectivity index (χ2v) is 6.92. The molecule has 3 radical (unpaired) electrons. The molecular formula is C16H42Cu4KN8O18. The van der Waals surface area contributed by atoms with Crippen molar-refractivity contribution in [2.75, 3.05) is 109 Å². The van der Waals surface area contributed by atoms with E-state index >= 15 is 0 Å². The van der Waals surface area contributed by atoms with E-state index in [1.54, 1.807) is 0 Å². The maximum Gasteiger partial charge on any atom is 2.00 e. The summed E-state index contributed by atoms with van der Waals surface area (Å²) in [6, 6.07) is 0. The summed E-state index contributed by atoms with van der Waals surface area (Å²) in [5, 5.41) is 110. The van der Waals surface area contributed by atoms with Gasteiger partial charge in [-0.3, -0.25) is 10.5 Å². The van der Waals surface area contributed by atoms with Crippen LogP contribution < -0.4 is 71.8 Å². The first-order valence-electron chi connectivity index (χ1n) is 10.4. The normalized spacial score (nSPS) is 7.28. The predicted octanol–water partition coefficient (Wildman–Crippen LogP) is -8.31. The largest absolute Gasteiger partial charge is 2.00 e. The standard InChI is InChI=1S/4C4H10NO.4Cu.K.4NO3.H2O2/c4*1-5(2)3-4-6;;;;;;4*2-1(3)4;1-2/h4*3-4H2,1-2H3;;;;;;;;;;1-2H/q4*-1;+1;3*+2;+1;4*-1;. The Morgan fingerprint density at radius 2 is 0.468 bits per heavy atom. The molecule has 0 saturated carbocycles. The van der Waals surface area contributed by atoms with Crippen molar-refractivity contribution in [1.82, 2.24) is 19.6 Å². The second kappa shape index (κ2) is 91.0. The van der Waals surface area contributed by atoms with Gasteiger partial charge in [0.25, 0.3) is 0 Å². The molecule has 299 valence electrons. The van der Waals surface area contributed by atoms with Crippen molar-refractivity contribution in [2.45, 2.75) is 0 Å². The van der Waals surface area contributed by atoms with Gasteiger partial charge in [-0.15, -0.1) is 26.4 Å². The van der Waals surface area contributed by atoms with Crippen LogP contribution in [-0.2, 0) is 68.3 Å². The Hall–Kier alpha value is 0.114. The van der Waals surface area contributed by atoms with Gasteiger partial charge < -0.3 is 101 Å². The Balaban J connectivity index is -0.0000000217. The molecule has 2 N–H and O–H groups in total. The van der Waals surface area contributed by atoms with E-state index in [-0.39, 0.29) is 146 Å². The van der Waals surface area contributed by atoms with Gasteiger partial charge in [0.1, 0.15) is 0 Å². The number of likely N-dealkylation sites (N-methyl/N-ethyl adjacent to an activating group) is 4. The molecule has 47 heavy (non-hydrogen) atoms. The maximum absolute atomic E-state index is 9.70. The van der Waals surface area contributed by atoms with E-state index in [1.807, 2.05) is 76.0 Å². The molecule has 0 fully saturated rings.